The predicted molar refractivity (Wildman–Crippen MR) is 91.4 cm³/mol. The lowest BCUT2D eigenvalue weighted by Crippen LogP contribution is -2.40. The summed E-state index contributed by atoms with van der Waals surface area (Å²) in [6.45, 7) is 0. The van der Waals surface area contributed by atoms with Crippen molar-refractivity contribution in [1.29, 1.82) is 0 Å². The summed E-state index contributed by atoms with van der Waals surface area (Å²) in [6.07, 6.45) is 1.57. The molecule has 1 atom stereocenters. The molecule has 0 aliphatic carbocycles. The average Bonchev–Trinajstić information content (AvgIpc) is 2.61. The van der Waals surface area contributed by atoms with Gasteiger partial charge in [-0.25, -0.2) is 4.79 Å². The Bertz CT molecular complexity index is 761. The number of aliphatic carboxylic acids is 1. The molecule has 0 saturated carbocycles. The van der Waals surface area contributed by atoms with Gasteiger partial charge in [0.2, 0.25) is 0 Å². The van der Waals surface area contributed by atoms with Gasteiger partial charge in [-0.15, -0.1) is 0 Å². The van der Waals surface area contributed by atoms with Crippen LogP contribution in [0.15, 0.2) is 54.6 Å². The highest BCUT2D eigenvalue weighted by atomic mass is 16.6. The SMILES string of the molecule is O=C(N[C@H](CCCc1ccccc1)C(=O)O)c1cccc([N+](=O)[O-])c1. The van der Waals surface area contributed by atoms with Crippen LogP contribution in [0, 0.1) is 10.1 Å². The first-order chi connectivity index (χ1) is 12.0. The summed E-state index contributed by atoms with van der Waals surface area (Å²) in [5, 5.41) is 22.5. The highest BCUT2D eigenvalue weighted by Gasteiger charge is 2.21. The molecule has 2 N–H and O–H groups in total. The third-order valence-corrected chi connectivity index (χ3v) is 3.72. The van der Waals surface area contributed by atoms with Crippen LogP contribution in [-0.4, -0.2) is 27.9 Å². The monoisotopic (exact) mass is 342 g/mol. The van der Waals surface area contributed by atoms with Crippen molar-refractivity contribution in [3.8, 4) is 0 Å². The van der Waals surface area contributed by atoms with Gasteiger partial charge in [0.25, 0.3) is 11.6 Å². The minimum Gasteiger partial charge on any atom is -0.480 e. The van der Waals surface area contributed by atoms with E-state index in [-0.39, 0.29) is 17.7 Å². The van der Waals surface area contributed by atoms with Crippen LogP contribution in [0.25, 0.3) is 0 Å². The van der Waals surface area contributed by atoms with Crippen molar-refractivity contribution in [2.24, 2.45) is 0 Å². The first kappa shape index (κ1) is 18.1. The van der Waals surface area contributed by atoms with Gasteiger partial charge in [-0.05, 0) is 30.9 Å². The molecular formula is C18H18N2O5. The zero-order valence-corrected chi connectivity index (χ0v) is 13.4. The molecule has 1 amide bonds. The molecule has 0 aliphatic heterocycles. The van der Waals surface area contributed by atoms with Gasteiger partial charge in [0.15, 0.2) is 0 Å². The fourth-order valence-corrected chi connectivity index (χ4v) is 2.41. The number of carbonyl (C=O) groups excluding carboxylic acids is 1. The molecule has 7 heteroatoms. The van der Waals surface area contributed by atoms with Crippen molar-refractivity contribution in [2.75, 3.05) is 0 Å². The molecule has 7 nitrogen and oxygen atoms in total. The quantitative estimate of drug-likeness (QED) is 0.566. The Morgan fingerprint density at radius 1 is 1.12 bits per heavy atom. The second kappa shape index (κ2) is 8.58. The van der Waals surface area contributed by atoms with Gasteiger partial charge in [-0.2, -0.15) is 0 Å². The first-order valence-corrected chi connectivity index (χ1v) is 7.79. The van der Waals surface area contributed by atoms with E-state index in [2.05, 4.69) is 5.32 Å². The number of carbonyl (C=O) groups is 2. The highest BCUT2D eigenvalue weighted by Crippen LogP contribution is 2.14. The maximum Gasteiger partial charge on any atom is 0.326 e. The zero-order valence-electron chi connectivity index (χ0n) is 13.4. The highest BCUT2D eigenvalue weighted by molar-refractivity contribution is 5.97. The van der Waals surface area contributed by atoms with Gasteiger partial charge in [-0.1, -0.05) is 36.4 Å². The fraction of sp³-hybridized carbons (Fsp3) is 0.222. The van der Waals surface area contributed by atoms with Crippen LogP contribution < -0.4 is 5.32 Å². The summed E-state index contributed by atoms with van der Waals surface area (Å²) in [5.41, 5.74) is 0.934. The van der Waals surface area contributed by atoms with Crippen molar-refractivity contribution in [1.82, 2.24) is 5.32 Å². The lowest BCUT2D eigenvalue weighted by molar-refractivity contribution is -0.384. The number of rotatable bonds is 8. The van der Waals surface area contributed by atoms with Crippen LogP contribution in [0.5, 0.6) is 0 Å². The van der Waals surface area contributed by atoms with Gasteiger partial charge >= 0.3 is 5.97 Å². The van der Waals surface area contributed by atoms with Gasteiger partial charge in [0, 0.05) is 17.7 Å². The van der Waals surface area contributed by atoms with Crippen LogP contribution in [0.1, 0.15) is 28.8 Å². The van der Waals surface area contributed by atoms with Crippen molar-refractivity contribution in [2.45, 2.75) is 25.3 Å². The first-order valence-electron chi connectivity index (χ1n) is 7.79. The molecule has 2 aromatic rings. The zero-order chi connectivity index (χ0) is 18.2. The minimum absolute atomic E-state index is 0.0588. The van der Waals surface area contributed by atoms with Crippen LogP contribution >= 0.6 is 0 Å². The Hall–Kier alpha value is -3.22. The van der Waals surface area contributed by atoms with E-state index in [9.17, 15) is 24.8 Å². The van der Waals surface area contributed by atoms with Gasteiger partial charge in [-0.3, -0.25) is 14.9 Å². The average molecular weight is 342 g/mol. The van der Waals surface area contributed by atoms with Crippen molar-refractivity contribution in [3.63, 3.8) is 0 Å². The largest absolute Gasteiger partial charge is 0.480 e. The molecular weight excluding hydrogens is 324 g/mol. The number of hydrogen-bond acceptors (Lipinski definition) is 4. The Kier molecular flexibility index (Phi) is 6.22. The molecule has 25 heavy (non-hydrogen) atoms. The van der Waals surface area contributed by atoms with Crippen molar-refractivity contribution in [3.05, 3.63) is 75.8 Å². The minimum atomic E-state index is -1.13. The molecule has 2 aromatic carbocycles. The van der Waals surface area contributed by atoms with E-state index >= 15 is 0 Å². The van der Waals surface area contributed by atoms with E-state index in [1.165, 1.54) is 18.2 Å². The van der Waals surface area contributed by atoms with E-state index in [1.807, 2.05) is 30.3 Å². The topological polar surface area (TPSA) is 110 Å². The second-order valence-corrected chi connectivity index (χ2v) is 5.55. The summed E-state index contributed by atoms with van der Waals surface area (Å²) in [6, 6.07) is 13.8. The third-order valence-electron chi connectivity index (χ3n) is 3.72. The molecule has 0 saturated heterocycles. The van der Waals surface area contributed by atoms with E-state index in [0.717, 1.165) is 11.6 Å². The number of carboxylic acid groups (broad SMARTS) is 1. The maximum atomic E-state index is 12.2. The fourth-order valence-electron chi connectivity index (χ4n) is 2.41. The smallest absolute Gasteiger partial charge is 0.326 e. The third kappa shape index (κ3) is 5.42. The number of aryl methyl sites for hydroxylation is 1. The van der Waals surface area contributed by atoms with E-state index < -0.39 is 22.8 Å². The normalized spacial score (nSPS) is 11.5. The van der Waals surface area contributed by atoms with E-state index in [4.69, 9.17) is 0 Å². The maximum absolute atomic E-state index is 12.2. The van der Waals surface area contributed by atoms with Crippen LogP contribution in [0.2, 0.25) is 0 Å². The number of non-ortho nitro benzene ring substituents is 1. The lowest BCUT2D eigenvalue weighted by atomic mass is 10.0. The van der Waals surface area contributed by atoms with Gasteiger partial charge in [0.05, 0.1) is 4.92 Å². The molecule has 130 valence electrons. The van der Waals surface area contributed by atoms with Gasteiger partial charge < -0.3 is 10.4 Å². The number of benzene rings is 2. The number of nitro benzene ring substituents is 1. The number of carboxylic acids is 1. The van der Waals surface area contributed by atoms with Crippen LogP contribution in [0.3, 0.4) is 0 Å². The summed E-state index contributed by atoms with van der Waals surface area (Å²) in [4.78, 5) is 33.7. The molecule has 0 bridgehead atoms. The second-order valence-electron chi connectivity index (χ2n) is 5.55. The van der Waals surface area contributed by atoms with E-state index in [0.29, 0.717) is 12.8 Å². The molecule has 0 aromatic heterocycles. The lowest BCUT2D eigenvalue weighted by Gasteiger charge is -2.14. The summed E-state index contributed by atoms with van der Waals surface area (Å²) < 4.78 is 0. The molecule has 0 aliphatic rings. The summed E-state index contributed by atoms with van der Waals surface area (Å²) in [5.74, 6) is -1.78. The van der Waals surface area contributed by atoms with Gasteiger partial charge in [0.1, 0.15) is 6.04 Å². The van der Waals surface area contributed by atoms with Crippen LogP contribution in [-0.2, 0) is 11.2 Å². The molecule has 0 unspecified atom stereocenters. The number of hydrogen-bond donors (Lipinski definition) is 2. The van der Waals surface area contributed by atoms with Crippen molar-refractivity contribution >= 4 is 17.6 Å². The molecule has 0 spiro atoms. The molecule has 2 rings (SSSR count). The Labute approximate surface area is 144 Å². The van der Waals surface area contributed by atoms with Crippen LogP contribution in [0.4, 0.5) is 5.69 Å². The standard InChI is InChI=1S/C18H18N2O5/c21-17(14-9-5-10-15(12-14)20(24)25)19-16(18(22)23)11-4-8-13-6-2-1-3-7-13/h1-3,5-7,9-10,12,16H,4,8,11H2,(H,19,21)(H,22,23)/t16-/m1/s1. The molecule has 0 fully saturated rings. The van der Waals surface area contributed by atoms with E-state index in [1.54, 1.807) is 0 Å². The Balaban J connectivity index is 1.96. The summed E-state index contributed by atoms with van der Waals surface area (Å²) >= 11 is 0. The molecule has 0 heterocycles. The molecule has 0 radical (unpaired) electrons. The summed E-state index contributed by atoms with van der Waals surface area (Å²) in [7, 11) is 0. The Morgan fingerprint density at radius 2 is 1.84 bits per heavy atom. The number of nitro groups is 1. The number of nitrogens with one attached hydrogen (secondary N) is 1. The number of amides is 1. The number of nitrogens with zero attached hydrogens (tertiary/aromatic N) is 1. The Morgan fingerprint density at radius 3 is 2.48 bits per heavy atom. The van der Waals surface area contributed by atoms with Crippen molar-refractivity contribution < 1.29 is 19.6 Å². The predicted octanol–water partition coefficient (Wildman–Crippen LogP) is 2.80.